The molecule has 1 unspecified atom stereocenters. The molecule has 0 bridgehead atoms. The van der Waals surface area contributed by atoms with E-state index < -0.39 is 5.91 Å². The van der Waals surface area contributed by atoms with E-state index in [1.54, 1.807) is 6.07 Å². The van der Waals surface area contributed by atoms with Crippen LogP contribution in [0.2, 0.25) is 0 Å². The summed E-state index contributed by atoms with van der Waals surface area (Å²) < 4.78 is 0. The molecule has 0 saturated carbocycles. The largest absolute Gasteiger partial charge is 0.396 e. The first-order valence-corrected chi connectivity index (χ1v) is 6.68. The fourth-order valence-corrected chi connectivity index (χ4v) is 2.65. The Bertz CT molecular complexity index is 475. The second-order valence-corrected chi connectivity index (χ2v) is 5.09. The SMILES string of the molecule is CCC1CN(c2cccc(C(N)=O)c2N)CCN1C. The maximum Gasteiger partial charge on any atom is 0.250 e. The van der Waals surface area contributed by atoms with Crippen LogP contribution < -0.4 is 16.4 Å². The van der Waals surface area contributed by atoms with Gasteiger partial charge in [-0.2, -0.15) is 0 Å². The van der Waals surface area contributed by atoms with Gasteiger partial charge in [-0.25, -0.2) is 0 Å². The first-order valence-electron chi connectivity index (χ1n) is 6.68. The molecule has 0 aromatic heterocycles. The van der Waals surface area contributed by atoms with Crippen LogP contribution in [0, 0.1) is 0 Å². The molecule has 1 aromatic carbocycles. The molecule has 1 aromatic rings. The number of nitrogen functional groups attached to an aromatic ring is 1. The Kier molecular flexibility index (Phi) is 3.95. The molecule has 1 heterocycles. The number of hydrogen-bond donors (Lipinski definition) is 2. The highest BCUT2D eigenvalue weighted by Gasteiger charge is 2.24. The third-order valence-corrected chi connectivity index (χ3v) is 3.94. The van der Waals surface area contributed by atoms with E-state index in [4.69, 9.17) is 11.5 Å². The summed E-state index contributed by atoms with van der Waals surface area (Å²) in [5.41, 5.74) is 13.2. The highest BCUT2D eigenvalue weighted by atomic mass is 16.1. The molecule has 19 heavy (non-hydrogen) atoms. The summed E-state index contributed by atoms with van der Waals surface area (Å²) >= 11 is 0. The van der Waals surface area contributed by atoms with Gasteiger partial charge < -0.3 is 16.4 Å². The average molecular weight is 262 g/mol. The van der Waals surface area contributed by atoms with Gasteiger partial charge in [-0.1, -0.05) is 13.0 Å². The Balaban J connectivity index is 2.27. The summed E-state index contributed by atoms with van der Waals surface area (Å²) in [5, 5.41) is 0. The molecule has 104 valence electrons. The number of benzene rings is 1. The topological polar surface area (TPSA) is 75.6 Å². The maximum atomic E-state index is 11.3. The molecule has 1 aliphatic heterocycles. The zero-order chi connectivity index (χ0) is 14.0. The van der Waals surface area contributed by atoms with Crippen molar-refractivity contribution in [3.63, 3.8) is 0 Å². The molecule has 0 radical (unpaired) electrons. The minimum Gasteiger partial charge on any atom is -0.396 e. The van der Waals surface area contributed by atoms with Crippen LogP contribution in [0.1, 0.15) is 23.7 Å². The van der Waals surface area contributed by atoms with Crippen molar-refractivity contribution in [1.29, 1.82) is 0 Å². The molecule has 1 aliphatic rings. The number of carbonyl (C=O) groups is 1. The number of piperazine rings is 1. The van der Waals surface area contributed by atoms with Crippen LogP contribution in [-0.4, -0.2) is 43.5 Å². The second kappa shape index (κ2) is 5.48. The van der Waals surface area contributed by atoms with Gasteiger partial charge in [-0.05, 0) is 25.6 Å². The van der Waals surface area contributed by atoms with Crippen LogP contribution >= 0.6 is 0 Å². The molecule has 1 amide bonds. The van der Waals surface area contributed by atoms with Crippen LogP contribution in [0.15, 0.2) is 18.2 Å². The Hall–Kier alpha value is -1.75. The Morgan fingerprint density at radius 1 is 1.42 bits per heavy atom. The van der Waals surface area contributed by atoms with Gasteiger partial charge in [0.2, 0.25) is 0 Å². The van der Waals surface area contributed by atoms with Gasteiger partial charge in [0.15, 0.2) is 0 Å². The maximum absolute atomic E-state index is 11.3. The first-order chi connectivity index (χ1) is 9.04. The zero-order valence-electron chi connectivity index (χ0n) is 11.6. The summed E-state index contributed by atoms with van der Waals surface area (Å²) in [4.78, 5) is 16.0. The highest BCUT2D eigenvalue weighted by molar-refractivity contribution is 6.00. The smallest absolute Gasteiger partial charge is 0.250 e. The number of nitrogens with two attached hydrogens (primary N) is 2. The fraction of sp³-hybridized carbons (Fsp3) is 0.500. The molecule has 5 heteroatoms. The summed E-state index contributed by atoms with van der Waals surface area (Å²) in [6.45, 7) is 5.03. The monoisotopic (exact) mass is 262 g/mol. The second-order valence-electron chi connectivity index (χ2n) is 5.09. The summed E-state index contributed by atoms with van der Waals surface area (Å²) in [7, 11) is 2.15. The lowest BCUT2D eigenvalue weighted by atomic mass is 10.1. The Morgan fingerprint density at radius 3 is 2.79 bits per heavy atom. The van der Waals surface area contributed by atoms with E-state index in [0.717, 1.165) is 31.7 Å². The summed E-state index contributed by atoms with van der Waals surface area (Å²) in [6, 6.07) is 5.99. The Morgan fingerprint density at radius 2 is 2.16 bits per heavy atom. The van der Waals surface area contributed by atoms with Crippen molar-refractivity contribution in [2.45, 2.75) is 19.4 Å². The van der Waals surface area contributed by atoms with Crippen LogP contribution in [0.3, 0.4) is 0 Å². The van der Waals surface area contributed by atoms with Crippen molar-refractivity contribution in [2.24, 2.45) is 5.73 Å². The van der Waals surface area contributed by atoms with E-state index in [9.17, 15) is 4.79 Å². The number of amides is 1. The van der Waals surface area contributed by atoms with Crippen molar-refractivity contribution in [3.05, 3.63) is 23.8 Å². The predicted molar refractivity (Wildman–Crippen MR) is 78.3 cm³/mol. The molecule has 0 aliphatic carbocycles. The summed E-state index contributed by atoms with van der Waals surface area (Å²) in [6.07, 6.45) is 1.10. The zero-order valence-corrected chi connectivity index (χ0v) is 11.6. The molecule has 1 saturated heterocycles. The van der Waals surface area contributed by atoms with Gasteiger partial charge in [0.25, 0.3) is 5.91 Å². The minimum atomic E-state index is -0.472. The van der Waals surface area contributed by atoms with E-state index in [2.05, 4.69) is 23.8 Å². The van der Waals surface area contributed by atoms with Crippen molar-refractivity contribution in [3.8, 4) is 0 Å². The number of anilines is 2. The molecular formula is C14H22N4O. The van der Waals surface area contributed by atoms with Gasteiger partial charge >= 0.3 is 0 Å². The third-order valence-electron chi connectivity index (χ3n) is 3.94. The molecule has 5 nitrogen and oxygen atoms in total. The quantitative estimate of drug-likeness (QED) is 0.794. The van der Waals surface area contributed by atoms with E-state index in [1.807, 2.05) is 12.1 Å². The van der Waals surface area contributed by atoms with Crippen molar-refractivity contribution in [2.75, 3.05) is 37.3 Å². The molecule has 1 fully saturated rings. The van der Waals surface area contributed by atoms with Gasteiger partial charge in [-0.3, -0.25) is 9.69 Å². The molecule has 4 N–H and O–H groups in total. The fourth-order valence-electron chi connectivity index (χ4n) is 2.65. The first kappa shape index (κ1) is 13.7. The van der Waals surface area contributed by atoms with Crippen LogP contribution in [0.4, 0.5) is 11.4 Å². The molecule has 2 rings (SSSR count). The lowest BCUT2D eigenvalue weighted by Gasteiger charge is -2.40. The molecular weight excluding hydrogens is 240 g/mol. The van der Waals surface area contributed by atoms with Gasteiger partial charge in [0.05, 0.1) is 16.9 Å². The van der Waals surface area contributed by atoms with E-state index in [-0.39, 0.29) is 0 Å². The molecule has 1 atom stereocenters. The van der Waals surface area contributed by atoms with Gasteiger partial charge in [-0.15, -0.1) is 0 Å². The lowest BCUT2D eigenvalue weighted by molar-refractivity contribution is 0.100. The van der Waals surface area contributed by atoms with Crippen molar-refractivity contribution < 1.29 is 4.79 Å². The minimum absolute atomic E-state index is 0.407. The van der Waals surface area contributed by atoms with E-state index in [1.165, 1.54) is 0 Å². The number of hydrogen-bond acceptors (Lipinski definition) is 4. The summed E-state index contributed by atoms with van der Waals surface area (Å²) in [5.74, 6) is -0.472. The van der Waals surface area contributed by atoms with Crippen LogP contribution in [0.25, 0.3) is 0 Å². The van der Waals surface area contributed by atoms with Crippen LogP contribution in [-0.2, 0) is 0 Å². The van der Waals surface area contributed by atoms with Gasteiger partial charge in [0, 0.05) is 25.7 Å². The number of likely N-dealkylation sites (N-methyl/N-ethyl adjacent to an activating group) is 1. The number of carbonyl (C=O) groups excluding carboxylic acids is 1. The van der Waals surface area contributed by atoms with Crippen molar-refractivity contribution in [1.82, 2.24) is 4.90 Å². The Labute approximate surface area is 114 Å². The van der Waals surface area contributed by atoms with Gasteiger partial charge in [0.1, 0.15) is 0 Å². The predicted octanol–water partition coefficient (Wildman–Crippen LogP) is 0.898. The number of para-hydroxylation sites is 1. The lowest BCUT2D eigenvalue weighted by Crippen LogP contribution is -2.51. The standard InChI is InChI=1S/C14H22N4O/c1-3-10-9-18(8-7-17(10)2)12-6-4-5-11(13(12)15)14(16)19/h4-6,10H,3,7-9,15H2,1-2H3,(H2,16,19). The number of rotatable bonds is 3. The average Bonchev–Trinajstić information content (AvgIpc) is 2.39. The van der Waals surface area contributed by atoms with E-state index >= 15 is 0 Å². The third kappa shape index (κ3) is 2.66. The molecule has 0 spiro atoms. The highest BCUT2D eigenvalue weighted by Crippen LogP contribution is 2.28. The van der Waals surface area contributed by atoms with E-state index in [0.29, 0.717) is 17.3 Å². The van der Waals surface area contributed by atoms with Crippen LogP contribution in [0.5, 0.6) is 0 Å². The normalized spacial score (nSPS) is 20.5. The van der Waals surface area contributed by atoms with Crippen molar-refractivity contribution >= 4 is 17.3 Å². The number of nitrogens with zero attached hydrogens (tertiary/aromatic N) is 2. The number of primary amides is 1.